The Morgan fingerprint density at radius 1 is 0.562 bits per heavy atom. The summed E-state index contributed by atoms with van der Waals surface area (Å²) in [7, 11) is 2.13. The first-order chi connectivity index (χ1) is 15.5. The predicted octanol–water partition coefficient (Wildman–Crippen LogP) is 9.15. The van der Waals surface area contributed by atoms with E-state index in [1.807, 2.05) is 18.2 Å². The van der Waals surface area contributed by atoms with Crippen molar-refractivity contribution in [3.05, 3.63) is 120 Å². The Kier molecular flexibility index (Phi) is 10.3. The molecule has 0 atom stereocenters. The Labute approximate surface area is 195 Å². The van der Waals surface area contributed by atoms with Gasteiger partial charge in [0.2, 0.25) is 0 Å². The monoisotopic (exact) mass is 423 g/mol. The van der Waals surface area contributed by atoms with E-state index in [2.05, 4.69) is 131 Å². The summed E-state index contributed by atoms with van der Waals surface area (Å²) in [4.78, 5) is 2.26. The summed E-state index contributed by atoms with van der Waals surface area (Å²) in [6, 6.07) is 35.9. The fourth-order valence-corrected chi connectivity index (χ4v) is 3.46. The summed E-state index contributed by atoms with van der Waals surface area (Å²) in [6.45, 7) is 10.7. The van der Waals surface area contributed by atoms with Gasteiger partial charge in [-0.3, -0.25) is 0 Å². The Morgan fingerprint density at radius 2 is 1.06 bits per heavy atom. The molecule has 166 valence electrons. The van der Waals surface area contributed by atoms with Gasteiger partial charge in [-0.2, -0.15) is 0 Å². The molecular weight excluding hydrogens is 386 g/mol. The highest BCUT2D eigenvalue weighted by Gasteiger charge is 2.14. The third-order valence-electron chi connectivity index (χ3n) is 5.11. The van der Waals surface area contributed by atoms with E-state index in [9.17, 15) is 0 Å². The molecular formula is C31H37N. The maximum absolute atomic E-state index is 2.26. The van der Waals surface area contributed by atoms with Crippen LogP contribution >= 0.6 is 0 Å². The molecule has 32 heavy (non-hydrogen) atoms. The molecule has 0 aliphatic heterocycles. The average Bonchev–Trinajstić information content (AvgIpc) is 2.81. The van der Waals surface area contributed by atoms with E-state index in [4.69, 9.17) is 0 Å². The third kappa shape index (κ3) is 7.13. The normalized spacial score (nSPS) is 9.69. The van der Waals surface area contributed by atoms with Crippen LogP contribution in [0.1, 0.15) is 37.0 Å². The summed E-state index contributed by atoms with van der Waals surface area (Å²) in [6.07, 6.45) is 1.25. The van der Waals surface area contributed by atoms with E-state index < -0.39 is 0 Å². The predicted molar refractivity (Wildman–Crippen MR) is 143 cm³/mol. The van der Waals surface area contributed by atoms with Gasteiger partial charge in [-0.05, 0) is 55.7 Å². The Balaban J connectivity index is 0.000000302. The molecule has 4 aromatic rings. The van der Waals surface area contributed by atoms with Crippen LogP contribution in [0, 0.1) is 20.8 Å². The van der Waals surface area contributed by atoms with Gasteiger partial charge in [0.25, 0.3) is 0 Å². The first kappa shape index (κ1) is 24.9. The molecule has 0 heterocycles. The van der Waals surface area contributed by atoms with E-state index in [1.165, 1.54) is 45.6 Å². The van der Waals surface area contributed by atoms with Gasteiger partial charge in [-0.15, -0.1) is 0 Å². The van der Waals surface area contributed by atoms with Crippen molar-refractivity contribution in [3.8, 4) is 11.1 Å². The van der Waals surface area contributed by atoms with Crippen LogP contribution in [0.5, 0.6) is 0 Å². The Bertz CT molecular complexity index is 1050. The first-order valence-corrected chi connectivity index (χ1v) is 11.5. The van der Waals surface area contributed by atoms with Gasteiger partial charge >= 0.3 is 0 Å². The number of rotatable bonds is 3. The summed E-state index contributed by atoms with van der Waals surface area (Å²) >= 11 is 0. The Hall–Kier alpha value is -3.32. The van der Waals surface area contributed by atoms with Crippen molar-refractivity contribution in [2.75, 3.05) is 11.9 Å². The lowest BCUT2D eigenvalue weighted by molar-refractivity contribution is 1.09. The Morgan fingerprint density at radius 3 is 1.59 bits per heavy atom. The third-order valence-corrected chi connectivity index (χ3v) is 5.11. The lowest BCUT2D eigenvalue weighted by atomic mass is 9.94. The number of nitrogens with zero attached hydrogens (tertiary/aromatic N) is 1. The zero-order valence-electron chi connectivity index (χ0n) is 20.5. The molecule has 0 N–H and O–H groups in total. The number of benzene rings is 4. The summed E-state index contributed by atoms with van der Waals surface area (Å²) in [5.74, 6) is 0. The minimum Gasteiger partial charge on any atom is -0.344 e. The maximum Gasteiger partial charge on any atom is 0.0490 e. The van der Waals surface area contributed by atoms with Gasteiger partial charge in [0, 0.05) is 24.0 Å². The average molecular weight is 424 g/mol. The number of hydrogen-bond donors (Lipinski definition) is 0. The number of aryl methyl sites for hydroxylation is 3. The van der Waals surface area contributed by atoms with Crippen LogP contribution in [0.2, 0.25) is 0 Å². The molecule has 0 aliphatic rings. The van der Waals surface area contributed by atoms with E-state index in [-0.39, 0.29) is 0 Å². The van der Waals surface area contributed by atoms with Gasteiger partial charge in [0.05, 0.1) is 0 Å². The number of anilines is 2. The number of para-hydroxylation sites is 1. The van der Waals surface area contributed by atoms with Gasteiger partial charge in [-0.25, -0.2) is 0 Å². The molecule has 0 fully saturated rings. The summed E-state index contributed by atoms with van der Waals surface area (Å²) < 4.78 is 0. The van der Waals surface area contributed by atoms with E-state index in [0.29, 0.717) is 0 Å². The van der Waals surface area contributed by atoms with Crippen LogP contribution in [-0.2, 0) is 0 Å². The molecule has 0 aliphatic carbocycles. The zero-order valence-corrected chi connectivity index (χ0v) is 20.5. The quantitative estimate of drug-likeness (QED) is 0.317. The molecule has 0 saturated carbocycles. The van der Waals surface area contributed by atoms with E-state index in [1.54, 1.807) is 0 Å². The van der Waals surface area contributed by atoms with Crippen LogP contribution in [0.3, 0.4) is 0 Å². The first-order valence-electron chi connectivity index (χ1n) is 11.5. The van der Waals surface area contributed by atoms with Crippen molar-refractivity contribution in [1.29, 1.82) is 0 Å². The van der Waals surface area contributed by atoms with E-state index in [0.717, 1.165) is 0 Å². The molecule has 4 rings (SSSR count). The zero-order chi connectivity index (χ0) is 23.3. The van der Waals surface area contributed by atoms with Gasteiger partial charge in [0.1, 0.15) is 0 Å². The molecule has 0 aromatic heterocycles. The molecule has 0 amide bonds. The molecule has 1 heteroatoms. The van der Waals surface area contributed by atoms with Crippen LogP contribution in [0.4, 0.5) is 11.4 Å². The van der Waals surface area contributed by atoms with Crippen molar-refractivity contribution in [3.63, 3.8) is 0 Å². The van der Waals surface area contributed by atoms with Crippen LogP contribution in [0.15, 0.2) is 103 Å². The molecule has 0 unspecified atom stereocenters. The van der Waals surface area contributed by atoms with Crippen molar-refractivity contribution in [1.82, 2.24) is 0 Å². The standard InChI is InChI=1S/C21H21N.C7H8.C3H8/c1-16-10-7-8-14-19(16)21-17(2)11-9-15-20(21)22(3)18-12-5-4-6-13-18;1-7-5-3-2-4-6-7;1-3-2/h4-15H,1-3H3;2-6H,1H3;3H2,1-2H3. The molecule has 4 aromatic carbocycles. The second-order valence-electron chi connectivity index (χ2n) is 8.04. The topological polar surface area (TPSA) is 3.24 Å². The van der Waals surface area contributed by atoms with Gasteiger partial charge in [0.15, 0.2) is 0 Å². The maximum atomic E-state index is 2.26. The van der Waals surface area contributed by atoms with Crippen LogP contribution in [0.25, 0.3) is 11.1 Å². The lowest BCUT2D eigenvalue weighted by Gasteiger charge is -2.24. The van der Waals surface area contributed by atoms with Crippen LogP contribution < -0.4 is 4.90 Å². The number of hydrogen-bond acceptors (Lipinski definition) is 1. The largest absolute Gasteiger partial charge is 0.344 e. The molecule has 1 nitrogen and oxygen atoms in total. The molecule has 0 radical (unpaired) electrons. The highest BCUT2D eigenvalue weighted by molar-refractivity contribution is 5.85. The highest BCUT2D eigenvalue weighted by Crippen LogP contribution is 2.37. The summed E-state index contributed by atoms with van der Waals surface area (Å²) in [5, 5.41) is 0. The van der Waals surface area contributed by atoms with Crippen molar-refractivity contribution in [2.24, 2.45) is 0 Å². The fraction of sp³-hybridized carbons (Fsp3) is 0.226. The molecule has 0 spiro atoms. The van der Waals surface area contributed by atoms with Crippen LogP contribution in [-0.4, -0.2) is 7.05 Å². The minimum atomic E-state index is 1.20. The smallest absolute Gasteiger partial charge is 0.0490 e. The second kappa shape index (κ2) is 13.2. The minimum absolute atomic E-state index is 1.20. The van der Waals surface area contributed by atoms with Gasteiger partial charge in [-0.1, -0.05) is 111 Å². The van der Waals surface area contributed by atoms with E-state index >= 15 is 0 Å². The van der Waals surface area contributed by atoms with Gasteiger partial charge < -0.3 is 4.90 Å². The summed E-state index contributed by atoms with van der Waals surface area (Å²) in [5.41, 5.74) is 8.98. The van der Waals surface area contributed by atoms with Crippen molar-refractivity contribution in [2.45, 2.75) is 41.0 Å². The lowest BCUT2D eigenvalue weighted by Crippen LogP contribution is -2.11. The SMILES string of the molecule is CCC.Cc1ccccc1.Cc1ccccc1-c1c(C)cccc1N(C)c1ccccc1. The molecule has 0 bridgehead atoms. The van der Waals surface area contributed by atoms with Crippen molar-refractivity contribution >= 4 is 11.4 Å². The highest BCUT2D eigenvalue weighted by atomic mass is 15.1. The molecule has 0 saturated heterocycles. The second-order valence-corrected chi connectivity index (χ2v) is 8.04. The van der Waals surface area contributed by atoms with Crippen molar-refractivity contribution < 1.29 is 0 Å². The fourth-order valence-electron chi connectivity index (χ4n) is 3.46.